The number of methoxy groups -OCH3 is 1. The van der Waals surface area contributed by atoms with E-state index in [4.69, 9.17) is 5.73 Å². The first-order valence-electron chi connectivity index (χ1n) is 6.05. The van der Waals surface area contributed by atoms with Gasteiger partial charge in [0, 0.05) is 25.7 Å². The summed E-state index contributed by atoms with van der Waals surface area (Å²) < 4.78 is 4.59. The first-order chi connectivity index (χ1) is 8.69. The molecule has 0 spiro atoms. The number of nitrogens with zero attached hydrogens (tertiary/aromatic N) is 1. The third-order valence-corrected chi connectivity index (χ3v) is 3.18. The van der Waals surface area contributed by atoms with Crippen LogP contribution in [0.3, 0.4) is 0 Å². The maximum absolute atomic E-state index is 11.2. The lowest BCUT2D eigenvalue weighted by atomic mass is 10.2. The minimum Gasteiger partial charge on any atom is -0.453 e. The molecule has 0 aliphatic carbocycles. The highest BCUT2D eigenvalue weighted by Gasteiger charge is 2.31. The molecule has 1 aliphatic rings. The molecule has 1 saturated heterocycles. The maximum atomic E-state index is 11.2. The lowest BCUT2D eigenvalue weighted by molar-refractivity contribution is 0.165. The van der Waals surface area contributed by atoms with Crippen LogP contribution in [-0.2, 0) is 11.3 Å². The van der Waals surface area contributed by atoms with Crippen molar-refractivity contribution >= 4 is 6.09 Å². The number of hydrogen-bond acceptors (Lipinski definition) is 4. The van der Waals surface area contributed by atoms with Crippen molar-refractivity contribution in [2.24, 2.45) is 5.73 Å². The Bertz CT molecular complexity index is 396. The Labute approximate surface area is 107 Å². The van der Waals surface area contributed by atoms with Crippen molar-refractivity contribution in [3.05, 3.63) is 35.9 Å². The minimum atomic E-state index is -0.419. The summed E-state index contributed by atoms with van der Waals surface area (Å²) in [6.45, 7) is 2.39. The van der Waals surface area contributed by atoms with Gasteiger partial charge < -0.3 is 15.8 Å². The number of ether oxygens (including phenoxy) is 1. The zero-order valence-corrected chi connectivity index (χ0v) is 10.5. The summed E-state index contributed by atoms with van der Waals surface area (Å²) in [5.41, 5.74) is 7.27. The predicted octanol–water partition coefficient (Wildman–Crippen LogP) is 0.554. The van der Waals surface area contributed by atoms with Crippen molar-refractivity contribution in [3.8, 4) is 0 Å². The van der Waals surface area contributed by atoms with Gasteiger partial charge in [0.15, 0.2) is 0 Å². The van der Waals surface area contributed by atoms with E-state index in [2.05, 4.69) is 27.1 Å². The number of benzene rings is 1. The fourth-order valence-electron chi connectivity index (χ4n) is 2.25. The topological polar surface area (TPSA) is 67.6 Å². The second-order valence-electron chi connectivity index (χ2n) is 4.59. The molecule has 0 aromatic heterocycles. The van der Waals surface area contributed by atoms with Gasteiger partial charge in [0.25, 0.3) is 0 Å². The van der Waals surface area contributed by atoms with Gasteiger partial charge in [0.1, 0.15) is 0 Å². The van der Waals surface area contributed by atoms with Crippen LogP contribution in [0.1, 0.15) is 5.56 Å². The Kier molecular flexibility index (Phi) is 4.17. The van der Waals surface area contributed by atoms with Crippen LogP contribution in [0.2, 0.25) is 0 Å². The lowest BCUT2D eigenvalue weighted by Gasteiger charge is -2.16. The van der Waals surface area contributed by atoms with Crippen LogP contribution in [0, 0.1) is 0 Å². The third-order valence-electron chi connectivity index (χ3n) is 3.18. The fraction of sp³-hybridized carbons (Fsp3) is 0.462. The number of rotatable bonds is 3. The van der Waals surface area contributed by atoms with Crippen LogP contribution < -0.4 is 11.1 Å². The van der Waals surface area contributed by atoms with Crippen molar-refractivity contribution in [3.63, 3.8) is 0 Å². The second kappa shape index (κ2) is 5.84. The average molecular weight is 249 g/mol. The number of likely N-dealkylation sites (tertiary alicyclic amines) is 1. The quantitative estimate of drug-likeness (QED) is 0.821. The molecule has 1 fully saturated rings. The number of amides is 1. The van der Waals surface area contributed by atoms with Crippen molar-refractivity contribution in [2.75, 3.05) is 20.2 Å². The molecule has 5 nitrogen and oxygen atoms in total. The van der Waals surface area contributed by atoms with Gasteiger partial charge in [-0.05, 0) is 5.56 Å². The summed E-state index contributed by atoms with van der Waals surface area (Å²) in [7, 11) is 1.36. The number of alkyl carbamates (subject to hydrolysis) is 1. The van der Waals surface area contributed by atoms with Crippen molar-refractivity contribution < 1.29 is 9.53 Å². The standard InChI is InChI=1S/C13H19N3O2/c1-18-13(17)15-12-9-16(8-11(12)14)7-10-5-3-2-4-6-10/h2-6,11-12H,7-9,14H2,1H3,(H,15,17)/t11-,12-/m0/s1. The molecule has 2 atom stereocenters. The normalized spacial score (nSPS) is 23.9. The van der Waals surface area contributed by atoms with Crippen LogP contribution in [0.5, 0.6) is 0 Å². The maximum Gasteiger partial charge on any atom is 0.407 e. The highest BCUT2D eigenvalue weighted by molar-refractivity contribution is 5.67. The Morgan fingerprint density at radius 2 is 2.17 bits per heavy atom. The number of carbonyl (C=O) groups excluding carboxylic acids is 1. The fourth-order valence-corrected chi connectivity index (χ4v) is 2.25. The third kappa shape index (κ3) is 3.21. The molecule has 0 saturated carbocycles. The van der Waals surface area contributed by atoms with E-state index in [1.165, 1.54) is 12.7 Å². The van der Waals surface area contributed by atoms with E-state index in [0.717, 1.165) is 19.6 Å². The zero-order valence-electron chi connectivity index (χ0n) is 10.5. The van der Waals surface area contributed by atoms with E-state index in [1.54, 1.807) is 0 Å². The highest BCUT2D eigenvalue weighted by Crippen LogP contribution is 2.13. The average Bonchev–Trinajstić information content (AvgIpc) is 2.70. The molecule has 0 radical (unpaired) electrons. The van der Waals surface area contributed by atoms with Crippen LogP contribution in [-0.4, -0.2) is 43.3 Å². The van der Waals surface area contributed by atoms with Gasteiger partial charge >= 0.3 is 6.09 Å². The van der Waals surface area contributed by atoms with Gasteiger partial charge in [-0.1, -0.05) is 30.3 Å². The first kappa shape index (κ1) is 12.9. The molecular weight excluding hydrogens is 230 g/mol. The van der Waals surface area contributed by atoms with E-state index in [1.807, 2.05) is 18.2 Å². The Balaban J connectivity index is 1.88. The molecule has 2 rings (SSSR count). The molecule has 1 aliphatic heterocycles. The van der Waals surface area contributed by atoms with Crippen LogP contribution in [0.4, 0.5) is 4.79 Å². The summed E-state index contributed by atoms with van der Waals surface area (Å²) in [4.78, 5) is 13.4. The summed E-state index contributed by atoms with van der Waals surface area (Å²) in [6.07, 6.45) is -0.419. The largest absolute Gasteiger partial charge is 0.453 e. The van der Waals surface area contributed by atoms with Crippen LogP contribution >= 0.6 is 0 Å². The van der Waals surface area contributed by atoms with Crippen LogP contribution in [0.25, 0.3) is 0 Å². The SMILES string of the molecule is COC(=O)N[C@H]1CN(Cc2ccccc2)C[C@@H]1N. The van der Waals surface area contributed by atoms with Gasteiger partial charge in [-0.2, -0.15) is 0 Å². The summed E-state index contributed by atoms with van der Waals surface area (Å²) in [5.74, 6) is 0. The molecule has 18 heavy (non-hydrogen) atoms. The number of nitrogens with two attached hydrogens (primary N) is 1. The van der Waals surface area contributed by atoms with E-state index in [-0.39, 0.29) is 12.1 Å². The van der Waals surface area contributed by atoms with E-state index >= 15 is 0 Å². The summed E-state index contributed by atoms with van der Waals surface area (Å²) in [6, 6.07) is 10.1. The number of hydrogen-bond donors (Lipinski definition) is 2. The monoisotopic (exact) mass is 249 g/mol. The van der Waals surface area contributed by atoms with Crippen molar-refractivity contribution in [1.29, 1.82) is 0 Å². The molecule has 1 aromatic carbocycles. The van der Waals surface area contributed by atoms with Crippen molar-refractivity contribution in [2.45, 2.75) is 18.6 Å². The van der Waals surface area contributed by atoms with Gasteiger partial charge in [0.05, 0.1) is 13.2 Å². The first-order valence-corrected chi connectivity index (χ1v) is 6.05. The van der Waals surface area contributed by atoms with Crippen molar-refractivity contribution in [1.82, 2.24) is 10.2 Å². The molecule has 1 heterocycles. The molecule has 0 bridgehead atoms. The lowest BCUT2D eigenvalue weighted by Crippen LogP contribution is -2.46. The molecule has 1 amide bonds. The minimum absolute atomic E-state index is 0.0406. The summed E-state index contributed by atoms with van der Waals surface area (Å²) in [5, 5.41) is 2.77. The van der Waals surface area contributed by atoms with Gasteiger partial charge in [-0.25, -0.2) is 4.79 Å². The van der Waals surface area contributed by atoms with Crippen LogP contribution in [0.15, 0.2) is 30.3 Å². The van der Waals surface area contributed by atoms with E-state index in [0.29, 0.717) is 0 Å². The second-order valence-corrected chi connectivity index (χ2v) is 4.59. The molecular formula is C13H19N3O2. The molecule has 5 heteroatoms. The Hall–Kier alpha value is -1.59. The Morgan fingerprint density at radius 1 is 1.44 bits per heavy atom. The molecule has 3 N–H and O–H groups in total. The Morgan fingerprint density at radius 3 is 2.83 bits per heavy atom. The smallest absolute Gasteiger partial charge is 0.407 e. The zero-order chi connectivity index (χ0) is 13.0. The van der Waals surface area contributed by atoms with Gasteiger partial charge in [-0.15, -0.1) is 0 Å². The number of carbonyl (C=O) groups is 1. The molecule has 1 aromatic rings. The highest BCUT2D eigenvalue weighted by atomic mass is 16.5. The van der Waals surface area contributed by atoms with E-state index in [9.17, 15) is 4.79 Å². The van der Waals surface area contributed by atoms with Gasteiger partial charge in [0.2, 0.25) is 0 Å². The van der Waals surface area contributed by atoms with Gasteiger partial charge in [-0.3, -0.25) is 4.90 Å². The molecule has 0 unspecified atom stereocenters. The number of nitrogens with one attached hydrogen (secondary N) is 1. The molecule has 98 valence electrons. The predicted molar refractivity (Wildman–Crippen MR) is 69.0 cm³/mol. The summed E-state index contributed by atoms with van der Waals surface area (Å²) >= 11 is 0. The van der Waals surface area contributed by atoms with E-state index < -0.39 is 6.09 Å².